The largest absolute Gasteiger partial charge is 0.368 e. The summed E-state index contributed by atoms with van der Waals surface area (Å²) in [5.41, 5.74) is 9.83. The van der Waals surface area contributed by atoms with Gasteiger partial charge in [0, 0.05) is 11.4 Å². The molecule has 0 unspecified atom stereocenters. The number of benzene rings is 2. The number of hydrogen-bond acceptors (Lipinski definition) is 4. The highest BCUT2D eigenvalue weighted by Crippen LogP contribution is 2.24. The van der Waals surface area contributed by atoms with E-state index in [1.165, 1.54) is 0 Å². The van der Waals surface area contributed by atoms with Gasteiger partial charge in [-0.3, -0.25) is 4.40 Å². The van der Waals surface area contributed by atoms with Gasteiger partial charge in [0.2, 0.25) is 5.95 Å². The highest BCUT2D eigenvalue weighted by atomic mass is 16.2. The smallest absolute Gasteiger partial charge is 0.323 e. The van der Waals surface area contributed by atoms with Crippen LogP contribution in [0.5, 0.6) is 0 Å². The zero-order valence-corrected chi connectivity index (χ0v) is 13.8. The minimum absolute atomic E-state index is 0.297. The van der Waals surface area contributed by atoms with Gasteiger partial charge in [0.05, 0.1) is 5.69 Å². The maximum atomic E-state index is 12.1. The zero-order chi connectivity index (χ0) is 17.9. The standard InChI is InChI=1S/C19H16N6O/c20-18-24-23-17-8-4-7-16(25(17)18)13-9-11-15(12-10-13)22-19(26)21-14-5-2-1-3-6-14/h1-12H,(H2,20,24)(H2,21,22,26). The Balaban J connectivity index is 1.53. The van der Waals surface area contributed by atoms with Crippen molar-refractivity contribution in [2.24, 2.45) is 0 Å². The summed E-state index contributed by atoms with van der Waals surface area (Å²) in [6, 6.07) is 22.1. The summed E-state index contributed by atoms with van der Waals surface area (Å²) >= 11 is 0. The maximum Gasteiger partial charge on any atom is 0.323 e. The Hall–Kier alpha value is -3.87. The fourth-order valence-electron chi connectivity index (χ4n) is 2.73. The van der Waals surface area contributed by atoms with Crippen LogP contribution in [-0.2, 0) is 0 Å². The molecule has 0 saturated heterocycles. The molecular formula is C19H16N6O. The average molecular weight is 344 g/mol. The van der Waals surface area contributed by atoms with Gasteiger partial charge in [-0.2, -0.15) is 0 Å². The van der Waals surface area contributed by atoms with Gasteiger partial charge in [0.15, 0.2) is 5.65 Å². The van der Waals surface area contributed by atoms with E-state index in [9.17, 15) is 4.79 Å². The van der Waals surface area contributed by atoms with Crippen LogP contribution in [0.1, 0.15) is 0 Å². The lowest BCUT2D eigenvalue weighted by Crippen LogP contribution is -2.19. The first kappa shape index (κ1) is 15.6. The second kappa shape index (κ2) is 6.56. The number of aromatic nitrogens is 3. The highest BCUT2D eigenvalue weighted by molar-refractivity contribution is 5.99. The highest BCUT2D eigenvalue weighted by Gasteiger charge is 2.09. The third-order valence-electron chi connectivity index (χ3n) is 3.92. The molecule has 4 aromatic rings. The lowest BCUT2D eigenvalue weighted by molar-refractivity contribution is 0.262. The fourth-order valence-corrected chi connectivity index (χ4v) is 2.73. The summed E-state index contributed by atoms with van der Waals surface area (Å²) in [6.45, 7) is 0. The number of fused-ring (bicyclic) bond motifs is 1. The number of para-hydroxylation sites is 1. The van der Waals surface area contributed by atoms with E-state index in [4.69, 9.17) is 5.73 Å². The molecular weight excluding hydrogens is 328 g/mol. The molecule has 7 heteroatoms. The molecule has 0 aliphatic rings. The summed E-state index contributed by atoms with van der Waals surface area (Å²) in [5.74, 6) is 0.333. The fraction of sp³-hybridized carbons (Fsp3) is 0. The monoisotopic (exact) mass is 344 g/mol. The lowest BCUT2D eigenvalue weighted by atomic mass is 10.1. The molecule has 2 aromatic carbocycles. The summed E-state index contributed by atoms with van der Waals surface area (Å²) in [4.78, 5) is 12.1. The van der Waals surface area contributed by atoms with Gasteiger partial charge < -0.3 is 16.4 Å². The molecule has 0 aliphatic heterocycles. The van der Waals surface area contributed by atoms with Crippen molar-refractivity contribution < 1.29 is 4.79 Å². The number of pyridine rings is 1. The Labute approximate surface area is 149 Å². The first-order chi connectivity index (χ1) is 12.7. The molecule has 26 heavy (non-hydrogen) atoms. The van der Waals surface area contributed by atoms with Crippen LogP contribution >= 0.6 is 0 Å². The topological polar surface area (TPSA) is 97.3 Å². The molecule has 0 saturated carbocycles. The molecule has 128 valence electrons. The minimum Gasteiger partial charge on any atom is -0.368 e. The van der Waals surface area contributed by atoms with E-state index in [2.05, 4.69) is 20.8 Å². The Bertz CT molecular complexity index is 1060. The Morgan fingerprint density at radius 1 is 0.808 bits per heavy atom. The molecule has 4 N–H and O–H groups in total. The van der Waals surface area contributed by atoms with Crippen LogP contribution in [0.25, 0.3) is 16.9 Å². The van der Waals surface area contributed by atoms with Crippen LogP contribution in [0.4, 0.5) is 22.1 Å². The van der Waals surface area contributed by atoms with Gasteiger partial charge >= 0.3 is 6.03 Å². The van der Waals surface area contributed by atoms with Crippen molar-refractivity contribution in [2.75, 3.05) is 16.4 Å². The van der Waals surface area contributed by atoms with Crippen LogP contribution in [0.15, 0.2) is 72.8 Å². The predicted molar refractivity (Wildman–Crippen MR) is 102 cm³/mol. The van der Waals surface area contributed by atoms with Gasteiger partial charge in [-0.1, -0.05) is 36.4 Å². The maximum absolute atomic E-state index is 12.1. The number of anilines is 3. The van der Waals surface area contributed by atoms with Gasteiger partial charge in [-0.05, 0) is 42.0 Å². The minimum atomic E-state index is -0.297. The average Bonchev–Trinajstić information content (AvgIpc) is 3.04. The number of rotatable bonds is 3. The molecule has 0 spiro atoms. The third kappa shape index (κ3) is 3.05. The molecule has 0 atom stereocenters. The molecule has 0 aliphatic carbocycles. The first-order valence-electron chi connectivity index (χ1n) is 8.04. The van der Waals surface area contributed by atoms with E-state index >= 15 is 0 Å². The number of nitrogens with zero attached hydrogens (tertiary/aromatic N) is 3. The van der Waals surface area contributed by atoms with E-state index in [-0.39, 0.29) is 6.03 Å². The second-order valence-electron chi connectivity index (χ2n) is 5.69. The summed E-state index contributed by atoms with van der Waals surface area (Å²) in [7, 11) is 0. The number of nitrogen functional groups attached to an aromatic ring is 1. The number of hydrogen-bond donors (Lipinski definition) is 3. The van der Waals surface area contributed by atoms with Crippen molar-refractivity contribution in [3.63, 3.8) is 0 Å². The van der Waals surface area contributed by atoms with E-state index in [0.29, 0.717) is 17.3 Å². The number of nitrogens with one attached hydrogen (secondary N) is 2. The number of urea groups is 1. The summed E-state index contributed by atoms with van der Waals surface area (Å²) in [5, 5.41) is 13.5. The lowest BCUT2D eigenvalue weighted by Gasteiger charge is -2.09. The summed E-state index contributed by atoms with van der Waals surface area (Å²) in [6.07, 6.45) is 0. The quantitative estimate of drug-likeness (QED) is 0.529. The van der Waals surface area contributed by atoms with Gasteiger partial charge in [-0.25, -0.2) is 4.79 Å². The Kier molecular flexibility index (Phi) is 3.95. The van der Waals surface area contributed by atoms with Crippen LogP contribution < -0.4 is 16.4 Å². The van der Waals surface area contributed by atoms with E-state index in [1.54, 1.807) is 4.40 Å². The van der Waals surface area contributed by atoms with E-state index in [0.717, 1.165) is 16.9 Å². The third-order valence-corrected chi connectivity index (χ3v) is 3.92. The molecule has 0 radical (unpaired) electrons. The van der Waals surface area contributed by atoms with Crippen LogP contribution in [0.2, 0.25) is 0 Å². The summed E-state index contributed by atoms with van der Waals surface area (Å²) < 4.78 is 1.78. The molecule has 0 bridgehead atoms. The number of carbonyl (C=O) groups excluding carboxylic acids is 1. The second-order valence-corrected chi connectivity index (χ2v) is 5.69. The van der Waals surface area contributed by atoms with Crippen LogP contribution in [0.3, 0.4) is 0 Å². The van der Waals surface area contributed by atoms with Crippen molar-refractivity contribution in [2.45, 2.75) is 0 Å². The van der Waals surface area contributed by atoms with Crippen molar-refractivity contribution in [1.29, 1.82) is 0 Å². The van der Waals surface area contributed by atoms with Crippen molar-refractivity contribution in [3.8, 4) is 11.3 Å². The Morgan fingerprint density at radius 3 is 2.23 bits per heavy atom. The molecule has 7 nitrogen and oxygen atoms in total. The normalized spacial score (nSPS) is 10.6. The number of amides is 2. The zero-order valence-electron chi connectivity index (χ0n) is 13.8. The number of carbonyl (C=O) groups is 1. The van der Waals surface area contributed by atoms with Gasteiger partial charge in [-0.15, -0.1) is 10.2 Å². The van der Waals surface area contributed by atoms with E-state index < -0.39 is 0 Å². The van der Waals surface area contributed by atoms with Gasteiger partial charge in [0.1, 0.15) is 0 Å². The SMILES string of the molecule is Nc1nnc2cccc(-c3ccc(NC(=O)Nc4ccccc4)cc3)n12. The van der Waals surface area contributed by atoms with Crippen molar-refractivity contribution in [3.05, 3.63) is 72.8 Å². The van der Waals surface area contributed by atoms with E-state index in [1.807, 2.05) is 72.8 Å². The molecule has 0 fully saturated rings. The van der Waals surface area contributed by atoms with Crippen LogP contribution in [-0.4, -0.2) is 20.6 Å². The number of nitrogens with two attached hydrogens (primary N) is 1. The van der Waals surface area contributed by atoms with Crippen LogP contribution in [0, 0.1) is 0 Å². The molecule has 2 heterocycles. The van der Waals surface area contributed by atoms with Crippen molar-refractivity contribution in [1.82, 2.24) is 14.6 Å². The van der Waals surface area contributed by atoms with Gasteiger partial charge in [0.25, 0.3) is 0 Å². The first-order valence-corrected chi connectivity index (χ1v) is 8.04. The van der Waals surface area contributed by atoms with Crippen molar-refractivity contribution >= 4 is 29.0 Å². The molecule has 4 rings (SSSR count). The Morgan fingerprint density at radius 2 is 1.50 bits per heavy atom. The molecule has 2 aromatic heterocycles. The molecule has 2 amide bonds. The predicted octanol–water partition coefficient (Wildman–Crippen LogP) is 3.62.